The lowest BCUT2D eigenvalue weighted by Crippen LogP contribution is -1.97. The zero-order valence-corrected chi connectivity index (χ0v) is 8.90. The van der Waals surface area contributed by atoms with Crippen molar-refractivity contribution in [1.82, 2.24) is 9.78 Å². The number of hydrogen-bond acceptors (Lipinski definition) is 3. The third-order valence-electron chi connectivity index (χ3n) is 2.01. The van der Waals surface area contributed by atoms with Crippen molar-refractivity contribution in [3.8, 4) is 11.4 Å². The quantitative estimate of drug-likeness (QED) is 0.849. The van der Waals surface area contributed by atoms with Gasteiger partial charge in [-0.2, -0.15) is 5.10 Å². The molecule has 0 aliphatic rings. The van der Waals surface area contributed by atoms with E-state index in [1.54, 1.807) is 42.3 Å². The van der Waals surface area contributed by atoms with E-state index in [2.05, 4.69) is 5.10 Å². The zero-order chi connectivity index (χ0) is 10.8. The van der Waals surface area contributed by atoms with E-state index in [1.807, 2.05) is 0 Å². The molecule has 5 heteroatoms. The molecule has 0 atom stereocenters. The number of methoxy groups -OCH3 is 1. The van der Waals surface area contributed by atoms with E-state index >= 15 is 0 Å². The molecule has 2 rings (SSSR count). The minimum absolute atomic E-state index is 0.453. The molecule has 0 spiro atoms. The van der Waals surface area contributed by atoms with Crippen molar-refractivity contribution < 1.29 is 4.74 Å². The van der Waals surface area contributed by atoms with Crippen LogP contribution in [0.2, 0.25) is 5.02 Å². The Kier molecular flexibility index (Phi) is 2.51. The van der Waals surface area contributed by atoms with Gasteiger partial charge in [0, 0.05) is 18.3 Å². The van der Waals surface area contributed by atoms with Gasteiger partial charge in [-0.05, 0) is 12.1 Å². The van der Waals surface area contributed by atoms with Gasteiger partial charge < -0.3 is 10.5 Å². The van der Waals surface area contributed by atoms with Crippen LogP contribution in [0.4, 0.5) is 5.82 Å². The Balaban J connectivity index is 2.51. The molecule has 1 aromatic carbocycles. The average molecular weight is 224 g/mol. The highest BCUT2D eigenvalue weighted by Gasteiger charge is 2.05. The van der Waals surface area contributed by atoms with Gasteiger partial charge in [0.2, 0.25) is 0 Å². The number of hydrogen-bond donors (Lipinski definition) is 1. The van der Waals surface area contributed by atoms with Gasteiger partial charge in [-0.3, -0.25) is 0 Å². The van der Waals surface area contributed by atoms with E-state index in [0.717, 1.165) is 11.4 Å². The third-order valence-corrected chi connectivity index (χ3v) is 2.33. The first-order chi connectivity index (χ1) is 7.20. The topological polar surface area (TPSA) is 53.1 Å². The first kappa shape index (κ1) is 9.86. The first-order valence-electron chi connectivity index (χ1n) is 4.36. The van der Waals surface area contributed by atoms with Crippen LogP contribution in [0.1, 0.15) is 0 Å². The second-order valence-corrected chi connectivity index (χ2v) is 3.41. The summed E-state index contributed by atoms with van der Waals surface area (Å²) in [5, 5.41) is 4.67. The smallest absolute Gasteiger partial charge is 0.145 e. The molecule has 0 unspecified atom stereocenters. The normalized spacial score (nSPS) is 10.3. The van der Waals surface area contributed by atoms with Crippen molar-refractivity contribution in [2.75, 3.05) is 12.8 Å². The van der Waals surface area contributed by atoms with Crippen LogP contribution in [0.3, 0.4) is 0 Å². The number of halogens is 1. The van der Waals surface area contributed by atoms with Gasteiger partial charge in [-0.1, -0.05) is 11.6 Å². The van der Waals surface area contributed by atoms with Gasteiger partial charge in [-0.15, -0.1) is 0 Å². The molecular formula is C10H10ClN3O. The lowest BCUT2D eigenvalue weighted by atomic mass is 10.3. The van der Waals surface area contributed by atoms with Crippen molar-refractivity contribution >= 4 is 17.4 Å². The summed E-state index contributed by atoms with van der Waals surface area (Å²) in [5.41, 5.74) is 6.27. The highest BCUT2D eigenvalue weighted by atomic mass is 35.5. The number of nitrogen functional groups attached to an aromatic ring is 1. The SMILES string of the molecule is COc1ccc(Cl)c(-n2ccc(N)n2)c1. The fraction of sp³-hybridized carbons (Fsp3) is 0.100. The van der Waals surface area contributed by atoms with Gasteiger partial charge >= 0.3 is 0 Å². The third kappa shape index (κ3) is 1.89. The van der Waals surface area contributed by atoms with Gasteiger partial charge in [0.25, 0.3) is 0 Å². The minimum Gasteiger partial charge on any atom is -0.497 e. The summed E-state index contributed by atoms with van der Waals surface area (Å²) >= 11 is 6.04. The molecular weight excluding hydrogens is 214 g/mol. The molecule has 15 heavy (non-hydrogen) atoms. The fourth-order valence-electron chi connectivity index (χ4n) is 1.27. The summed E-state index contributed by atoms with van der Waals surface area (Å²) in [6, 6.07) is 7.05. The fourth-order valence-corrected chi connectivity index (χ4v) is 1.47. The van der Waals surface area contributed by atoms with Crippen LogP contribution in [-0.4, -0.2) is 16.9 Å². The van der Waals surface area contributed by atoms with Crippen LogP contribution >= 0.6 is 11.6 Å². The van der Waals surface area contributed by atoms with Gasteiger partial charge in [0.1, 0.15) is 11.6 Å². The molecule has 0 amide bonds. The molecule has 2 N–H and O–H groups in total. The number of nitrogens with two attached hydrogens (primary N) is 1. The second kappa shape index (κ2) is 3.82. The molecule has 0 saturated carbocycles. The number of rotatable bonds is 2. The Bertz CT molecular complexity index is 481. The van der Waals surface area contributed by atoms with E-state index < -0.39 is 0 Å². The monoisotopic (exact) mass is 223 g/mol. The summed E-state index contributed by atoms with van der Waals surface area (Å²) in [4.78, 5) is 0. The lowest BCUT2D eigenvalue weighted by molar-refractivity contribution is 0.414. The molecule has 1 aromatic heterocycles. The molecule has 0 saturated heterocycles. The average Bonchev–Trinajstić information content (AvgIpc) is 2.65. The lowest BCUT2D eigenvalue weighted by Gasteiger charge is -2.06. The van der Waals surface area contributed by atoms with E-state index in [0.29, 0.717) is 10.8 Å². The van der Waals surface area contributed by atoms with Crippen LogP contribution in [0.15, 0.2) is 30.5 Å². The maximum atomic E-state index is 6.04. The van der Waals surface area contributed by atoms with Crippen LogP contribution in [0.5, 0.6) is 5.75 Å². The highest BCUT2D eigenvalue weighted by molar-refractivity contribution is 6.32. The Morgan fingerprint density at radius 3 is 2.80 bits per heavy atom. The summed E-state index contributed by atoms with van der Waals surface area (Å²) in [5.74, 6) is 1.18. The minimum atomic E-state index is 0.453. The van der Waals surface area contributed by atoms with Crippen LogP contribution < -0.4 is 10.5 Å². The predicted molar refractivity (Wildman–Crippen MR) is 59.5 cm³/mol. The van der Waals surface area contributed by atoms with Crippen molar-refractivity contribution in [2.24, 2.45) is 0 Å². The number of aromatic nitrogens is 2. The number of anilines is 1. The maximum Gasteiger partial charge on any atom is 0.145 e. The molecule has 0 bridgehead atoms. The molecule has 0 aliphatic carbocycles. The first-order valence-corrected chi connectivity index (χ1v) is 4.73. The molecule has 4 nitrogen and oxygen atoms in total. The van der Waals surface area contributed by atoms with E-state index in [9.17, 15) is 0 Å². The van der Waals surface area contributed by atoms with Gasteiger partial charge in [0.05, 0.1) is 17.8 Å². The summed E-state index contributed by atoms with van der Waals surface area (Å²) in [6.45, 7) is 0. The zero-order valence-electron chi connectivity index (χ0n) is 8.14. The summed E-state index contributed by atoms with van der Waals surface area (Å²) in [7, 11) is 1.60. The summed E-state index contributed by atoms with van der Waals surface area (Å²) in [6.07, 6.45) is 1.75. The number of ether oxygens (including phenoxy) is 1. The molecule has 0 radical (unpaired) electrons. The van der Waals surface area contributed by atoms with Crippen LogP contribution in [-0.2, 0) is 0 Å². The molecule has 78 valence electrons. The van der Waals surface area contributed by atoms with Crippen molar-refractivity contribution in [3.05, 3.63) is 35.5 Å². The summed E-state index contributed by atoms with van der Waals surface area (Å²) < 4.78 is 6.72. The van der Waals surface area contributed by atoms with Crippen molar-refractivity contribution in [2.45, 2.75) is 0 Å². The second-order valence-electron chi connectivity index (χ2n) is 3.00. The Morgan fingerprint density at radius 1 is 1.40 bits per heavy atom. The number of nitrogens with zero attached hydrogens (tertiary/aromatic N) is 2. The largest absolute Gasteiger partial charge is 0.497 e. The Morgan fingerprint density at radius 2 is 2.20 bits per heavy atom. The highest BCUT2D eigenvalue weighted by Crippen LogP contribution is 2.25. The van der Waals surface area contributed by atoms with Crippen molar-refractivity contribution in [1.29, 1.82) is 0 Å². The maximum absolute atomic E-state index is 6.04. The van der Waals surface area contributed by atoms with E-state index in [1.165, 1.54) is 0 Å². The molecule has 0 fully saturated rings. The van der Waals surface area contributed by atoms with E-state index in [-0.39, 0.29) is 0 Å². The Hall–Kier alpha value is -1.68. The standard InChI is InChI=1S/C10H10ClN3O/c1-15-7-2-3-8(11)9(6-7)14-5-4-10(12)13-14/h2-6H,1H3,(H2,12,13). The van der Waals surface area contributed by atoms with Crippen LogP contribution in [0.25, 0.3) is 5.69 Å². The van der Waals surface area contributed by atoms with E-state index in [4.69, 9.17) is 22.1 Å². The molecule has 0 aliphatic heterocycles. The van der Waals surface area contributed by atoms with Gasteiger partial charge in [0.15, 0.2) is 0 Å². The molecule has 2 aromatic rings. The van der Waals surface area contributed by atoms with Crippen LogP contribution in [0, 0.1) is 0 Å². The van der Waals surface area contributed by atoms with Gasteiger partial charge in [-0.25, -0.2) is 4.68 Å². The molecule has 1 heterocycles. The Labute approximate surface area is 92.2 Å². The van der Waals surface area contributed by atoms with Crippen molar-refractivity contribution in [3.63, 3.8) is 0 Å². The predicted octanol–water partition coefficient (Wildman–Crippen LogP) is 2.12. The number of benzene rings is 1.